The molecule has 162 valence electrons. The second kappa shape index (κ2) is 7.77. The fourth-order valence-corrected chi connectivity index (χ4v) is 4.30. The van der Waals surface area contributed by atoms with Crippen molar-refractivity contribution >= 4 is 27.4 Å². The van der Waals surface area contributed by atoms with Gasteiger partial charge in [-0.05, 0) is 51.5 Å². The lowest BCUT2D eigenvalue weighted by atomic mass is 10.0. The van der Waals surface area contributed by atoms with E-state index >= 15 is 0 Å². The highest BCUT2D eigenvalue weighted by Gasteiger charge is 2.33. The molecular formula is C21H24N6O3S. The fraction of sp³-hybridized carbons (Fsp3) is 0.333. The van der Waals surface area contributed by atoms with Crippen LogP contribution in [0.3, 0.4) is 0 Å². The number of rotatable bonds is 6. The molecule has 9 nitrogen and oxygen atoms in total. The minimum Gasteiger partial charge on any atom is -0.310 e. The van der Waals surface area contributed by atoms with Gasteiger partial charge in [0.15, 0.2) is 5.82 Å². The molecule has 0 unspecified atom stereocenters. The van der Waals surface area contributed by atoms with Gasteiger partial charge in [0.25, 0.3) is 5.91 Å². The largest absolute Gasteiger partial charge is 0.310 e. The lowest BCUT2D eigenvalue weighted by Crippen LogP contribution is -2.24. The second-order valence-electron chi connectivity index (χ2n) is 7.72. The van der Waals surface area contributed by atoms with Crippen molar-refractivity contribution in [1.82, 2.24) is 19.7 Å². The number of nitrogens with zero attached hydrogens (tertiary/aromatic N) is 5. The third-order valence-electron chi connectivity index (χ3n) is 5.32. The molecule has 0 saturated heterocycles. The lowest BCUT2D eigenvalue weighted by Gasteiger charge is -2.17. The van der Waals surface area contributed by atoms with Gasteiger partial charge >= 0.3 is 0 Å². The summed E-state index contributed by atoms with van der Waals surface area (Å²) in [5.41, 5.74) is 2.95. The molecule has 1 N–H and O–H groups in total. The normalized spacial score (nSPS) is 13.7. The molecule has 1 amide bonds. The zero-order chi connectivity index (χ0) is 22.3. The second-order valence-corrected chi connectivity index (χ2v) is 9.73. The Morgan fingerprint density at radius 1 is 1.19 bits per heavy atom. The number of sulfonamides is 1. The monoisotopic (exact) mass is 440 g/mol. The summed E-state index contributed by atoms with van der Waals surface area (Å²) in [6.45, 7) is 7.67. The molecule has 0 bridgehead atoms. The number of amides is 1. The Morgan fingerprint density at radius 2 is 1.97 bits per heavy atom. The van der Waals surface area contributed by atoms with Crippen LogP contribution in [0.2, 0.25) is 0 Å². The molecule has 0 aliphatic carbocycles. The van der Waals surface area contributed by atoms with Gasteiger partial charge < -0.3 is 4.57 Å². The fourth-order valence-electron chi connectivity index (χ4n) is 3.56. The highest BCUT2D eigenvalue weighted by molar-refractivity contribution is 7.92. The summed E-state index contributed by atoms with van der Waals surface area (Å²) >= 11 is 0. The minimum absolute atomic E-state index is 0.0477. The van der Waals surface area contributed by atoms with Crippen LogP contribution >= 0.6 is 0 Å². The van der Waals surface area contributed by atoms with E-state index in [1.807, 2.05) is 37.5 Å². The predicted molar refractivity (Wildman–Crippen MR) is 118 cm³/mol. The third kappa shape index (κ3) is 3.78. The Balaban J connectivity index is 1.73. The van der Waals surface area contributed by atoms with Crippen molar-refractivity contribution in [3.63, 3.8) is 0 Å². The third-order valence-corrected chi connectivity index (χ3v) is 6.60. The van der Waals surface area contributed by atoms with Crippen molar-refractivity contribution in [2.45, 2.75) is 40.3 Å². The van der Waals surface area contributed by atoms with Crippen LogP contribution in [0.5, 0.6) is 0 Å². The molecule has 3 aromatic rings. The summed E-state index contributed by atoms with van der Waals surface area (Å²) < 4.78 is 28.9. The van der Waals surface area contributed by atoms with E-state index in [4.69, 9.17) is 0 Å². The maximum Gasteiger partial charge on any atom is 0.260 e. The van der Waals surface area contributed by atoms with Crippen LogP contribution in [-0.2, 0) is 16.6 Å². The van der Waals surface area contributed by atoms with Gasteiger partial charge in [-0.3, -0.25) is 14.4 Å². The zero-order valence-corrected chi connectivity index (χ0v) is 18.6. The summed E-state index contributed by atoms with van der Waals surface area (Å²) in [6, 6.07) is 9.04. The van der Waals surface area contributed by atoms with Crippen molar-refractivity contribution in [2.24, 2.45) is 0 Å². The van der Waals surface area contributed by atoms with Gasteiger partial charge in [0.2, 0.25) is 10.0 Å². The Kier molecular flexibility index (Phi) is 5.26. The molecular weight excluding hydrogens is 416 g/mol. The number of benzene rings is 1. The summed E-state index contributed by atoms with van der Waals surface area (Å²) in [6.07, 6.45) is 1.65. The molecule has 2 aromatic heterocycles. The van der Waals surface area contributed by atoms with Gasteiger partial charge in [0, 0.05) is 17.2 Å². The Bertz CT molecular complexity index is 1270. The number of nitrogens with one attached hydrogen (secondary N) is 1. The number of aryl methyl sites for hydroxylation is 1. The molecule has 0 fully saturated rings. The first-order valence-electron chi connectivity index (χ1n) is 10.0. The van der Waals surface area contributed by atoms with Crippen LogP contribution in [0, 0.1) is 6.92 Å². The maximum atomic E-state index is 13.1. The SMILES string of the molecule is CCS(=O)(=O)Nc1c(C)ccc2c1CN(c1cccc(-c3nncn3C(C)C)n1)C2=O. The van der Waals surface area contributed by atoms with Crippen LogP contribution < -0.4 is 9.62 Å². The summed E-state index contributed by atoms with van der Waals surface area (Å²) in [4.78, 5) is 19.4. The number of carbonyl (C=O) groups is 1. The number of aromatic nitrogens is 4. The van der Waals surface area contributed by atoms with Gasteiger partial charge in [0.1, 0.15) is 17.8 Å². The van der Waals surface area contributed by atoms with Crippen molar-refractivity contribution in [1.29, 1.82) is 0 Å². The average molecular weight is 441 g/mol. The summed E-state index contributed by atoms with van der Waals surface area (Å²) in [7, 11) is -3.48. The molecule has 1 aliphatic heterocycles. The van der Waals surface area contributed by atoms with Crippen molar-refractivity contribution < 1.29 is 13.2 Å². The van der Waals surface area contributed by atoms with Gasteiger partial charge in [-0.1, -0.05) is 12.1 Å². The van der Waals surface area contributed by atoms with Crippen LogP contribution in [0.4, 0.5) is 11.5 Å². The average Bonchev–Trinajstić information content (AvgIpc) is 3.36. The standard InChI is InChI=1S/C21H24N6O3S/c1-5-31(29,30)25-19-14(4)9-10-15-16(19)11-26(21(15)28)18-8-6-7-17(23-18)20-24-22-12-27(20)13(2)3/h6-10,12-13,25H,5,11H2,1-4H3. The number of hydrogen-bond donors (Lipinski definition) is 1. The molecule has 31 heavy (non-hydrogen) atoms. The van der Waals surface area contributed by atoms with Gasteiger partial charge in [-0.15, -0.1) is 10.2 Å². The first-order chi connectivity index (χ1) is 14.7. The smallest absolute Gasteiger partial charge is 0.260 e. The van der Waals surface area contributed by atoms with E-state index in [-0.39, 0.29) is 24.2 Å². The first kappa shape index (κ1) is 21.0. The predicted octanol–water partition coefficient (Wildman–Crippen LogP) is 3.15. The molecule has 0 radical (unpaired) electrons. The van der Waals surface area contributed by atoms with Crippen molar-refractivity contribution in [2.75, 3.05) is 15.4 Å². The number of pyridine rings is 1. The molecule has 0 atom stereocenters. The van der Waals surface area contributed by atoms with E-state index < -0.39 is 10.0 Å². The van der Waals surface area contributed by atoms with Gasteiger partial charge in [0.05, 0.1) is 18.0 Å². The van der Waals surface area contributed by atoms with Gasteiger partial charge in [-0.25, -0.2) is 13.4 Å². The number of anilines is 2. The van der Waals surface area contributed by atoms with E-state index in [0.717, 1.165) is 5.56 Å². The first-order valence-corrected chi connectivity index (χ1v) is 11.7. The van der Waals surface area contributed by atoms with E-state index in [2.05, 4.69) is 19.9 Å². The van der Waals surface area contributed by atoms with Crippen molar-refractivity contribution in [3.8, 4) is 11.5 Å². The van der Waals surface area contributed by atoms with E-state index in [1.165, 1.54) is 0 Å². The maximum absolute atomic E-state index is 13.1. The zero-order valence-electron chi connectivity index (χ0n) is 17.8. The number of carbonyl (C=O) groups excluding carboxylic acids is 1. The topological polar surface area (TPSA) is 110 Å². The Labute approximate surface area is 181 Å². The van der Waals surface area contributed by atoms with E-state index in [0.29, 0.717) is 34.2 Å². The van der Waals surface area contributed by atoms with E-state index in [9.17, 15) is 13.2 Å². The molecule has 0 spiro atoms. The quantitative estimate of drug-likeness (QED) is 0.630. The van der Waals surface area contributed by atoms with Crippen LogP contribution in [0.15, 0.2) is 36.7 Å². The lowest BCUT2D eigenvalue weighted by molar-refractivity contribution is 0.0996. The number of hydrogen-bond acceptors (Lipinski definition) is 6. The van der Waals surface area contributed by atoms with Crippen LogP contribution in [0.25, 0.3) is 11.5 Å². The Hall–Kier alpha value is -3.27. The minimum atomic E-state index is -3.48. The molecule has 10 heteroatoms. The van der Waals surface area contributed by atoms with Crippen LogP contribution in [0.1, 0.15) is 48.3 Å². The number of fused-ring (bicyclic) bond motifs is 1. The molecule has 0 saturated carbocycles. The Morgan fingerprint density at radius 3 is 2.68 bits per heavy atom. The summed E-state index contributed by atoms with van der Waals surface area (Å²) in [5, 5.41) is 8.16. The molecule has 3 heterocycles. The van der Waals surface area contributed by atoms with Crippen LogP contribution in [-0.4, -0.2) is 39.8 Å². The highest BCUT2D eigenvalue weighted by Crippen LogP contribution is 2.35. The molecule has 1 aromatic carbocycles. The van der Waals surface area contributed by atoms with Gasteiger partial charge in [-0.2, -0.15) is 0 Å². The van der Waals surface area contributed by atoms with E-state index in [1.54, 1.807) is 36.4 Å². The molecule has 4 rings (SSSR count). The highest BCUT2D eigenvalue weighted by atomic mass is 32.2. The van der Waals surface area contributed by atoms with Crippen molar-refractivity contribution in [3.05, 3.63) is 53.3 Å². The summed E-state index contributed by atoms with van der Waals surface area (Å²) in [5.74, 6) is 0.822. The molecule has 1 aliphatic rings.